The minimum absolute atomic E-state index is 0.195. The molecule has 1 aliphatic rings. The summed E-state index contributed by atoms with van der Waals surface area (Å²) in [5.74, 6) is 0.733. The lowest BCUT2D eigenvalue weighted by molar-refractivity contribution is 0.119. The molecule has 0 aliphatic carbocycles. The molecule has 2 atom stereocenters. The smallest absolute Gasteiger partial charge is 0.427 e. The Morgan fingerprint density at radius 2 is 1.96 bits per heavy atom. The third-order valence-corrected chi connectivity index (χ3v) is 5.61. The van der Waals surface area contributed by atoms with Crippen LogP contribution in [0.15, 0.2) is 37.0 Å². The molecule has 1 saturated heterocycles. The highest BCUT2D eigenvalue weighted by atomic mass is 16.4. The zero-order valence-electron chi connectivity index (χ0n) is 16.9. The van der Waals surface area contributed by atoms with Crippen molar-refractivity contribution in [1.29, 1.82) is 0 Å². The molecule has 1 fully saturated rings. The zero-order valence-corrected chi connectivity index (χ0v) is 16.9. The molecule has 1 heterocycles. The normalized spacial score (nSPS) is 20.4. The van der Waals surface area contributed by atoms with E-state index in [1.807, 2.05) is 12.2 Å². The van der Waals surface area contributed by atoms with Crippen molar-refractivity contribution >= 4 is 7.12 Å². The van der Waals surface area contributed by atoms with Gasteiger partial charge in [0, 0.05) is 11.6 Å². The molecule has 5 heteroatoms. The predicted octanol–water partition coefficient (Wildman–Crippen LogP) is 3.53. The minimum atomic E-state index is -1.19. The number of nitrogens with zero attached hydrogens (tertiary/aromatic N) is 1. The van der Waals surface area contributed by atoms with Crippen LogP contribution in [-0.2, 0) is 0 Å². The summed E-state index contributed by atoms with van der Waals surface area (Å²) in [5, 5.41) is 17.8. The van der Waals surface area contributed by atoms with E-state index in [4.69, 9.17) is 15.8 Å². The van der Waals surface area contributed by atoms with E-state index in [9.17, 15) is 0 Å². The van der Waals surface area contributed by atoms with Crippen molar-refractivity contribution in [3.8, 4) is 0 Å². The minimum Gasteiger partial charge on any atom is -0.427 e. The molecule has 0 aromatic carbocycles. The van der Waals surface area contributed by atoms with Gasteiger partial charge in [-0.05, 0) is 76.9 Å². The summed E-state index contributed by atoms with van der Waals surface area (Å²) in [4.78, 5) is 2.57. The van der Waals surface area contributed by atoms with Crippen molar-refractivity contribution in [3.63, 3.8) is 0 Å². The second-order valence-corrected chi connectivity index (χ2v) is 8.30. The molecule has 1 aliphatic heterocycles. The fraction of sp³-hybridized carbons (Fsp3) is 0.714. The molecule has 0 spiro atoms. The third kappa shape index (κ3) is 9.18. The molecule has 0 aromatic heterocycles. The first kappa shape index (κ1) is 23.2. The predicted molar refractivity (Wildman–Crippen MR) is 113 cm³/mol. The lowest BCUT2D eigenvalue weighted by Crippen LogP contribution is -2.47. The van der Waals surface area contributed by atoms with Crippen LogP contribution in [0.4, 0.5) is 0 Å². The molecule has 0 bridgehead atoms. The van der Waals surface area contributed by atoms with Crippen LogP contribution in [0.3, 0.4) is 0 Å². The molecular formula is C21H39BN2O2. The first-order valence-electron chi connectivity index (χ1n) is 10.1. The number of hydrogen-bond acceptors (Lipinski definition) is 4. The van der Waals surface area contributed by atoms with Gasteiger partial charge < -0.3 is 20.7 Å². The summed E-state index contributed by atoms with van der Waals surface area (Å²) >= 11 is 0. The highest BCUT2D eigenvalue weighted by Gasteiger charge is 2.28. The number of hydrogen-bond donors (Lipinski definition) is 3. The average Bonchev–Trinajstić information content (AvgIpc) is 2.58. The van der Waals surface area contributed by atoms with Gasteiger partial charge in [-0.1, -0.05) is 44.2 Å². The largest absolute Gasteiger partial charge is 0.451 e. The molecule has 26 heavy (non-hydrogen) atoms. The topological polar surface area (TPSA) is 69.7 Å². The number of unbranched alkanes of at least 4 members (excludes halogenated alkanes) is 1. The summed E-state index contributed by atoms with van der Waals surface area (Å²) in [6.07, 6.45) is 13.5. The molecule has 0 saturated carbocycles. The Hall–Kier alpha value is -0.875. The molecule has 4 N–H and O–H groups in total. The molecular weight excluding hydrogens is 323 g/mol. The second-order valence-electron chi connectivity index (χ2n) is 8.30. The standard InChI is InChI=1S/C21H39BN2O2/c1-5-9-19(6-2)16-20-10-14-24(15-11-20)18(3)17-21(4,23)12-7-8-13-22(25)26/h5-6,9,18,20,25-26H,1-2,7-8,10-17,23H2,3-4H3/b19-9+. The molecule has 0 radical (unpaired) electrons. The van der Waals surface area contributed by atoms with E-state index in [0.717, 1.165) is 51.1 Å². The molecule has 0 aromatic rings. The van der Waals surface area contributed by atoms with Gasteiger partial charge in [0.05, 0.1) is 0 Å². The summed E-state index contributed by atoms with van der Waals surface area (Å²) < 4.78 is 0. The highest BCUT2D eigenvalue weighted by Crippen LogP contribution is 2.28. The van der Waals surface area contributed by atoms with Gasteiger partial charge in [-0.15, -0.1) is 0 Å². The van der Waals surface area contributed by atoms with Crippen LogP contribution in [0, 0.1) is 5.92 Å². The van der Waals surface area contributed by atoms with Gasteiger partial charge in [0.1, 0.15) is 0 Å². The van der Waals surface area contributed by atoms with Crippen molar-refractivity contribution in [1.82, 2.24) is 4.90 Å². The third-order valence-electron chi connectivity index (χ3n) is 5.61. The number of allylic oxidation sites excluding steroid dienone is 4. The van der Waals surface area contributed by atoms with Crippen molar-refractivity contribution in [2.75, 3.05) is 13.1 Å². The average molecular weight is 362 g/mol. The Labute approximate surface area is 161 Å². The summed E-state index contributed by atoms with van der Waals surface area (Å²) in [7, 11) is -1.19. The van der Waals surface area contributed by atoms with Crippen LogP contribution in [-0.4, -0.2) is 46.7 Å². The van der Waals surface area contributed by atoms with Crippen LogP contribution in [0.2, 0.25) is 6.32 Å². The summed E-state index contributed by atoms with van der Waals surface area (Å²) in [6.45, 7) is 14.4. The molecule has 148 valence electrons. The number of likely N-dealkylation sites (tertiary alicyclic amines) is 1. The maximum absolute atomic E-state index is 8.92. The van der Waals surface area contributed by atoms with Gasteiger partial charge in [-0.25, -0.2) is 0 Å². The first-order valence-corrected chi connectivity index (χ1v) is 10.1. The lowest BCUT2D eigenvalue weighted by atomic mass is 9.81. The fourth-order valence-corrected chi connectivity index (χ4v) is 4.06. The van der Waals surface area contributed by atoms with Crippen LogP contribution < -0.4 is 5.73 Å². The van der Waals surface area contributed by atoms with E-state index < -0.39 is 7.12 Å². The second kappa shape index (κ2) is 11.8. The zero-order chi connectivity index (χ0) is 19.6. The number of nitrogens with two attached hydrogens (primary N) is 1. The molecule has 1 rings (SSSR count). The Balaban J connectivity index is 2.35. The fourth-order valence-electron chi connectivity index (χ4n) is 4.06. The summed E-state index contributed by atoms with van der Waals surface area (Å²) in [6, 6.07) is 0.483. The van der Waals surface area contributed by atoms with E-state index >= 15 is 0 Å². The van der Waals surface area contributed by atoms with Crippen molar-refractivity contribution in [2.45, 2.75) is 76.7 Å². The van der Waals surface area contributed by atoms with Gasteiger partial charge in [-0.2, -0.15) is 0 Å². The van der Waals surface area contributed by atoms with E-state index in [1.165, 1.54) is 18.4 Å². The van der Waals surface area contributed by atoms with Crippen molar-refractivity contribution in [2.24, 2.45) is 11.7 Å². The number of rotatable bonds is 12. The molecule has 2 unspecified atom stereocenters. The maximum Gasteiger partial charge on any atom is 0.451 e. The highest BCUT2D eigenvalue weighted by molar-refractivity contribution is 6.40. The Bertz CT molecular complexity index is 455. The van der Waals surface area contributed by atoms with Gasteiger partial charge in [0.2, 0.25) is 0 Å². The van der Waals surface area contributed by atoms with Crippen molar-refractivity contribution < 1.29 is 10.0 Å². The van der Waals surface area contributed by atoms with Gasteiger partial charge in [-0.3, -0.25) is 0 Å². The van der Waals surface area contributed by atoms with Crippen LogP contribution >= 0.6 is 0 Å². The maximum atomic E-state index is 8.92. The molecule has 4 nitrogen and oxygen atoms in total. The Morgan fingerprint density at radius 1 is 1.31 bits per heavy atom. The number of piperidine rings is 1. The van der Waals surface area contributed by atoms with Gasteiger partial charge >= 0.3 is 7.12 Å². The Kier molecular flexibility index (Phi) is 10.5. The SMILES string of the molecule is C=C/C=C(\C=C)CC1CCN(C(C)CC(C)(N)CCCCB(O)O)CC1. The van der Waals surface area contributed by atoms with E-state index in [0.29, 0.717) is 12.4 Å². The van der Waals surface area contributed by atoms with Crippen LogP contribution in [0.1, 0.15) is 58.8 Å². The van der Waals surface area contributed by atoms with Crippen LogP contribution in [0.25, 0.3) is 0 Å². The first-order chi connectivity index (χ1) is 12.3. The van der Waals surface area contributed by atoms with Crippen LogP contribution in [0.5, 0.6) is 0 Å². The van der Waals surface area contributed by atoms with E-state index in [2.05, 4.69) is 38.0 Å². The Morgan fingerprint density at radius 3 is 2.50 bits per heavy atom. The lowest BCUT2D eigenvalue weighted by Gasteiger charge is -2.39. The van der Waals surface area contributed by atoms with Crippen molar-refractivity contribution in [3.05, 3.63) is 37.0 Å². The monoisotopic (exact) mass is 362 g/mol. The quantitative estimate of drug-likeness (QED) is 0.282. The van der Waals surface area contributed by atoms with E-state index in [-0.39, 0.29) is 5.54 Å². The van der Waals surface area contributed by atoms with E-state index in [1.54, 1.807) is 0 Å². The summed E-state index contributed by atoms with van der Waals surface area (Å²) in [5.41, 5.74) is 7.60. The van der Waals surface area contributed by atoms with Gasteiger partial charge in [0.25, 0.3) is 0 Å². The van der Waals surface area contributed by atoms with Gasteiger partial charge in [0.15, 0.2) is 0 Å². The molecule has 0 amide bonds.